The number of aliphatic hydroxyl groups excluding tert-OH is 1. The first-order valence-corrected chi connectivity index (χ1v) is 11.1. The molecule has 33 heavy (non-hydrogen) atoms. The first-order valence-electron chi connectivity index (χ1n) is 11.1. The Hall–Kier alpha value is -3.88. The van der Waals surface area contributed by atoms with Crippen LogP contribution in [-0.2, 0) is 4.79 Å². The Morgan fingerprint density at radius 3 is 2.12 bits per heavy atom. The summed E-state index contributed by atoms with van der Waals surface area (Å²) in [6.45, 7) is 0.396. The highest BCUT2D eigenvalue weighted by Gasteiger charge is 2.54. The quantitative estimate of drug-likeness (QED) is 0.643. The molecule has 0 spiro atoms. The molecule has 164 valence electrons. The van der Waals surface area contributed by atoms with Gasteiger partial charge in [0.15, 0.2) is 0 Å². The highest BCUT2D eigenvalue weighted by atomic mass is 16.3. The standard InChI is InChI=1S/C28H24N2O3/c31-19-25-27(22-15-13-21(14-16-22)12-11-20-7-3-1-4-8-20)24-17-29(18-26(32)30(24)25)28(33)23-9-5-2-6-10-23/h1-10,13-16,24-25,27,31H,17-19H2/t24-,25-,27+/m1/s1. The van der Waals surface area contributed by atoms with E-state index in [0.29, 0.717) is 12.1 Å². The normalized spacial score (nSPS) is 21.5. The fourth-order valence-corrected chi connectivity index (χ4v) is 4.87. The van der Waals surface area contributed by atoms with Gasteiger partial charge in [-0.05, 0) is 42.0 Å². The van der Waals surface area contributed by atoms with E-state index in [0.717, 1.165) is 16.7 Å². The molecule has 0 aliphatic carbocycles. The smallest absolute Gasteiger partial charge is 0.254 e. The molecule has 2 aliphatic heterocycles. The summed E-state index contributed by atoms with van der Waals surface area (Å²) in [7, 11) is 0. The van der Waals surface area contributed by atoms with Crippen molar-refractivity contribution < 1.29 is 14.7 Å². The second-order valence-corrected chi connectivity index (χ2v) is 8.43. The Balaban J connectivity index is 1.35. The minimum Gasteiger partial charge on any atom is -0.394 e. The summed E-state index contributed by atoms with van der Waals surface area (Å²) in [5, 5.41) is 10.00. The van der Waals surface area contributed by atoms with Crippen LogP contribution in [0, 0.1) is 11.8 Å². The molecule has 1 N–H and O–H groups in total. The maximum Gasteiger partial charge on any atom is 0.254 e. The minimum absolute atomic E-state index is 0.0264. The van der Waals surface area contributed by atoms with Crippen molar-refractivity contribution in [1.82, 2.24) is 9.80 Å². The van der Waals surface area contributed by atoms with Crippen molar-refractivity contribution in [3.05, 3.63) is 107 Å². The minimum atomic E-state index is -0.266. The highest BCUT2D eigenvalue weighted by molar-refractivity contribution is 5.97. The fraction of sp³-hybridized carbons (Fsp3) is 0.214. The monoisotopic (exact) mass is 436 g/mol. The Kier molecular flexibility index (Phi) is 5.68. The van der Waals surface area contributed by atoms with Crippen molar-refractivity contribution in [1.29, 1.82) is 0 Å². The van der Waals surface area contributed by atoms with E-state index in [1.165, 1.54) is 0 Å². The number of nitrogens with zero attached hydrogens (tertiary/aromatic N) is 2. The largest absolute Gasteiger partial charge is 0.394 e. The van der Waals surface area contributed by atoms with Crippen molar-refractivity contribution in [2.24, 2.45) is 0 Å². The van der Waals surface area contributed by atoms with Crippen LogP contribution in [0.25, 0.3) is 0 Å². The van der Waals surface area contributed by atoms with Gasteiger partial charge in [0.05, 0.1) is 18.7 Å². The van der Waals surface area contributed by atoms with Gasteiger partial charge in [0.1, 0.15) is 6.54 Å². The Morgan fingerprint density at radius 1 is 0.879 bits per heavy atom. The maximum absolute atomic E-state index is 12.9. The zero-order chi connectivity index (χ0) is 22.8. The van der Waals surface area contributed by atoms with E-state index in [9.17, 15) is 14.7 Å². The van der Waals surface area contributed by atoms with Crippen LogP contribution in [0.15, 0.2) is 84.9 Å². The summed E-state index contributed by atoms with van der Waals surface area (Å²) >= 11 is 0. The van der Waals surface area contributed by atoms with E-state index >= 15 is 0 Å². The van der Waals surface area contributed by atoms with Crippen molar-refractivity contribution in [2.75, 3.05) is 19.7 Å². The van der Waals surface area contributed by atoms with Crippen molar-refractivity contribution in [3.63, 3.8) is 0 Å². The fourth-order valence-electron chi connectivity index (χ4n) is 4.87. The predicted octanol–water partition coefficient (Wildman–Crippen LogP) is 2.90. The van der Waals surface area contributed by atoms with Crippen LogP contribution < -0.4 is 0 Å². The van der Waals surface area contributed by atoms with E-state index in [1.807, 2.05) is 72.8 Å². The lowest BCUT2D eigenvalue weighted by molar-refractivity contribution is -0.159. The summed E-state index contributed by atoms with van der Waals surface area (Å²) in [5.74, 6) is 6.05. The second kappa shape index (κ2) is 8.93. The second-order valence-electron chi connectivity index (χ2n) is 8.43. The summed E-state index contributed by atoms with van der Waals surface area (Å²) < 4.78 is 0. The molecule has 3 aromatic carbocycles. The summed E-state index contributed by atoms with van der Waals surface area (Å²) in [6.07, 6.45) is 0. The van der Waals surface area contributed by atoms with Crippen LogP contribution in [0.5, 0.6) is 0 Å². The molecule has 0 unspecified atom stereocenters. The molecular formula is C28H24N2O3. The molecule has 0 aromatic heterocycles. The molecule has 0 bridgehead atoms. The summed E-state index contributed by atoms with van der Waals surface area (Å²) in [6, 6.07) is 26.4. The number of amides is 2. The summed E-state index contributed by atoms with van der Waals surface area (Å²) in [5.41, 5.74) is 3.48. The number of aliphatic hydroxyl groups is 1. The average molecular weight is 437 g/mol. The molecule has 2 fully saturated rings. The van der Waals surface area contributed by atoms with Crippen LogP contribution >= 0.6 is 0 Å². The number of fused-ring (bicyclic) bond motifs is 1. The van der Waals surface area contributed by atoms with Crippen molar-refractivity contribution >= 4 is 11.8 Å². The van der Waals surface area contributed by atoms with Crippen molar-refractivity contribution in [3.8, 4) is 11.8 Å². The molecule has 2 heterocycles. The van der Waals surface area contributed by atoms with Gasteiger partial charge in [0, 0.05) is 29.2 Å². The van der Waals surface area contributed by atoms with Gasteiger partial charge < -0.3 is 14.9 Å². The van der Waals surface area contributed by atoms with E-state index in [-0.39, 0.29) is 43.0 Å². The number of rotatable bonds is 3. The van der Waals surface area contributed by atoms with E-state index < -0.39 is 0 Å². The van der Waals surface area contributed by atoms with Crippen LogP contribution in [-0.4, -0.2) is 58.5 Å². The lowest BCUT2D eigenvalue weighted by atomic mass is 9.73. The number of carbonyl (C=O) groups is 2. The van der Waals surface area contributed by atoms with Gasteiger partial charge in [-0.15, -0.1) is 0 Å². The van der Waals surface area contributed by atoms with Gasteiger partial charge in [-0.1, -0.05) is 60.4 Å². The molecule has 0 saturated carbocycles. The predicted molar refractivity (Wildman–Crippen MR) is 125 cm³/mol. The van der Waals surface area contributed by atoms with Gasteiger partial charge in [-0.3, -0.25) is 9.59 Å². The van der Waals surface area contributed by atoms with E-state index in [1.54, 1.807) is 21.9 Å². The van der Waals surface area contributed by atoms with Gasteiger partial charge in [-0.2, -0.15) is 0 Å². The number of carbonyl (C=O) groups excluding carboxylic acids is 2. The lowest BCUT2D eigenvalue weighted by Gasteiger charge is -2.58. The molecule has 2 saturated heterocycles. The first-order chi connectivity index (χ1) is 16.2. The van der Waals surface area contributed by atoms with Gasteiger partial charge in [-0.25, -0.2) is 0 Å². The third kappa shape index (κ3) is 4.02. The average Bonchev–Trinajstić information content (AvgIpc) is 2.85. The first kappa shape index (κ1) is 21.0. The summed E-state index contributed by atoms with van der Waals surface area (Å²) in [4.78, 5) is 29.1. The molecule has 2 aliphatic rings. The zero-order valence-electron chi connectivity index (χ0n) is 18.1. The maximum atomic E-state index is 12.9. The van der Waals surface area contributed by atoms with Crippen LogP contribution in [0.1, 0.15) is 33.0 Å². The van der Waals surface area contributed by atoms with Crippen molar-refractivity contribution in [2.45, 2.75) is 18.0 Å². The van der Waals surface area contributed by atoms with E-state index in [4.69, 9.17) is 0 Å². The molecule has 3 atom stereocenters. The Bertz CT molecular complexity index is 1210. The molecule has 5 heteroatoms. The third-order valence-corrected chi connectivity index (χ3v) is 6.48. The number of benzene rings is 3. The topological polar surface area (TPSA) is 60.9 Å². The number of hydrogen-bond donors (Lipinski definition) is 1. The lowest BCUT2D eigenvalue weighted by Crippen LogP contribution is -2.73. The molecule has 5 rings (SSSR count). The van der Waals surface area contributed by atoms with Gasteiger partial charge >= 0.3 is 0 Å². The van der Waals surface area contributed by atoms with Gasteiger partial charge in [0.2, 0.25) is 5.91 Å². The van der Waals surface area contributed by atoms with E-state index in [2.05, 4.69) is 11.8 Å². The molecular weight excluding hydrogens is 412 g/mol. The van der Waals surface area contributed by atoms with Crippen LogP contribution in [0.3, 0.4) is 0 Å². The molecule has 5 nitrogen and oxygen atoms in total. The Labute approximate surface area is 193 Å². The van der Waals surface area contributed by atoms with Gasteiger partial charge in [0.25, 0.3) is 5.91 Å². The molecule has 2 amide bonds. The highest BCUT2D eigenvalue weighted by Crippen LogP contribution is 2.43. The molecule has 3 aromatic rings. The number of piperazine rings is 1. The Morgan fingerprint density at radius 2 is 1.48 bits per heavy atom. The van der Waals surface area contributed by atoms with Crippen LogP contribution in [0.2, 0.25) is 0 Å². The van der Waals surface area contributed by atoms with Crippen LogP contribution in [0.4, 0.5) is 0 Å². The molecule has 0 radical (unpaired) electrons. The zero-order valence-corrected chi connectivity index (χ0v) is 18.1. The third-order valence-electron chi connectivity index (χ3n) is 6.48. The number of hydrogen-bond acceptors (Lipinski definition) is 3. The SMILES string of the molecule is O=C(c1ccccc1)N1CC(=O)N2[C@H](CO)[C@@H](c3ccc(C#Cc4ccccc4)cc3)[C@H]2C1.